The van der Waals surface area contributed by atoms with Crippen LogP contribution in [0.15, 0.2) is 23.0 Å². The summed E-state index contributed by atoms with van der Waals surface area (Å²) in [6, 6.07) is 1.81. The molecule has 0 spiro atoms. The minimum atomic E-state index is -0.379. The molecule has 0 aromatic carbocycles. The smallest absolute Gasteiger partial charge is 0.334 e. The summed E-state index contributed by atoms with van der Waals surface area (Å²) in [4.78, 5) is 10.8. The summed E-state index contributed by atoms with van der Waals surface area (Å²) in [5.74, 6) is 0.426. The third-order valence-electron chi connectivity index (χ3n) is 2.80. The highest BCUT2D eigenvalue weighted by molar-refractivity contribution is 5.60. The van der Waals surface area contributed by atoms with E-state index in [-0.39, 0.29) is 10.6 Å². The fourth-order valence-electron chi connectivity index (χ4n) is 1.94. The lowest BCUT2D eigenvalue weighted by atomic mass is 10.2. The molecule has 0 atom stereocenters. The zero-order valence-electron chi connectivity index (χ0n) is 10.9. The molecule has 1 N–H and O–H groups in total. The number of hydrogen-bond acceptors (Lipinski definition) is 5. The predicted molar refractivity (Wildman–Crippen MR) is 69.9 cm³/mol. The number of aromatic nitrogens is 2. The van der Waals surface area contributed by atoms with Crippen LogP contribution in [0.3, 0.4) is 0 Å². The molecule has 0 saturated heterocycles. The molecule has 7 heteroatoms. The molecule has 0 aliphatic carbocycles. The van der Waals surface area contributed by atoms with Crippen LogP contribution < -0.4 is 5.32 Å². The minimum absolute atomic E-state index is 0.0628. The van der Waals surface area contributed by atoms with Gasteiger partial charge in [0.05, 0.1) is 17.4 Å². The Hall–Kier alpha value is -2.31. The molecule has 102 valence electrons. The summed E-state index contributed by atoms with van der Waals surface area (Å²) in [6.45, 7) is 2.43. The molecule has 0 aliphatic heterocycles. The number of nitrogens with zero attached hydrogens (tertiary/aromatic N) is 3. The third-order valence-corrected chi connectivity index (χ3v) is 2.80. The summed E-state index contributed by atoms with van der Waals surface area (Å²) in [5, 5.41) is 18.4. The Morgan fingerprint density at radius 2 is 2.37 bits per heavy atom. The quantitative estimate of drug-likeness (QED) is 0.639. The van der Waals surface area contributed by atoms with Gasteiger partial charge in [-0.1, -0.05) is 13.3 Å². The molecule has 0 fully saturated rings. The van der Waals surface area contributed by atoms with Gasteiger partial charge in [0.15, 0.2) is 0 Å². The van der Waals surface area contributed by atoms with E-state index in [9.17, 15) is 10.1 Å². The molecule has 0 amide bonds. The molecule has 2 rings (SSSR count). The maximum atomic E-state index is 11.2. The first-order valence-electron chi connectivity index (χ1n) is 6.08. The Labute approximate surface area is 110 Å². The first-order valence-corrected chi connectivity index (χ1v) is 6.08. The SMILES string of the molecule is CCCc1nn(C)c(NCc2ccoc2)c1[N+](=O)[O-]. The minimum Gasteiger partial charge on any atom is -0.472 e. The lowest BCUT2D eigenvalue weighted by molar-refractivity contribution is -0.384. The first kappa shape index (κ1) is 13.1. The van der Waals surface area contributed by atoms with Crippen molar-refractivity contribution in [3.8, 4) is 0 Å². The van der Waals surface area contributed by atoms with Crippen LogP contribution in [0, 0.1) is 10.1 Å². The van der Waals surface area contributed by atoms with Gasteiger partial charge in [0.2, 0.25) is 5.82 Å². The second-order valence-corrected chi connectivity index (χ2v) is 4.26. The van der Waals surface area contributed by atoms with Crippen molar-refractivity contribution < 1.29 is 9.34 Å². The van der Waals surface area contributed by atoms with E-state index in [1.165, 1.54) is 4.68 Å². The van der Waals surface area contributed by atoms with Crippen LogP contribution in [0.4, 0.5) is 11.5 Å². The largest absolute Gasteiger partial charge is 0.472 e. The molecule has 19 heavy (non-hydrogen) atoms. The lowest BCUT2D eigenvalue weighted by Gasteiger charge is -2.04. The van der Waals surface area contributed by atoms with Gasteiger partial charge in [-0.25, -0.2) is 4.68 Å². The molecule has 0 unspecified atom stereocenters. The standard InChI is InChI=1S/C12H16N4O3/c1-3-4-10-11(16(17)18)12(15(2)14-10)13-7-9-5-6-19-8-9/h5-6,8,13H,3-4,7H2,1-2H3. The topological polar surface area (TPSA) is 86.1 Å². The Bertz CT molecular complexity index is 560. The van der Waals surface area contributed by atoms with E-state index in [4.69, 9.17) is 4.42 Å². The number of aryl methyl sites for hydroxylation is 2. The zero-order valence-corrected chi connectivity index (χ0v) is 10.9. The van der Waals surface area contributed by atoms with E-state index in [1.54, 1.807) is 19.6 Å². The summed E-state index contributed by atoms with van der Waals surface area (Å²) >= 11 is 0. The Morgan fingerprint density at radius 3 is 2.95 bits per heavy atom. The number of furan rings is 1. The van der Waals surface area contributed by atoms with Gasteiger partial charge < -0.3 is 9.73 Å². The van der Waals surface area contributed by atoms with Gasteiger partial charge in [-0.2, -0.15) is 5.10 Å². The number of hydrogen-bond donors (Lipinski definition) is 1. The maximum Gasteiger partial charge on any atom is 0.334 e. The van der Waals surface area contributed by atoms with Gasteiger partial charge in [0, 0.05) is 19.2 Å². The van der Waals surface area contributed by atoms with E-state index in [0.29, 0.717) is 24.5 Å². The average molecular weight is 264 g/mol. The fourth-order valence-corrected chi connectivity index (χ4v) is 1.94. The lowest BCUT2D eigenvalue weighted by Crippen LogP contribution is -2.05. The van der Waals surface area contributed by atoms with Gasteiger partial charge >= 0.3 is 5.69 Å². The molecule has 0 saturated carbocycles. The highest BCUT2D eigenvalue weighted by Gasteiger charge is 2.25. The summed E-state index contributed by atoms with van der Waals surface area (Å²) in [5.41, 5.74) is 1.50. The molecule has 7 nitrogen and oxygen atoms in total. The van der Waals surface area contributed by atoms with Crippen LogP contribution in [0.5, 0.6) is 0 Å². The van der Waals surface area contributed by atoms with Crippen molar-refractivity contribution in [2.75, 3.05) is 5.32 Å². The van der Waals surface area contributed by atoms with Crippen molar-refractivity contribution in [3.05, 3.63) is 40.0 Å². The molecular weight excluding hydrogens is 248 g/mol. The zero-order chi connectivity index (χ0) is 13.8. The van der Waals surface area contributed by atoms with E-state index in [0.717, 1.165) is 12.0 Å². The van der Waals surface area contributed by atoms with Crippen LogP contribution in [-0.4, -0.2) is 14.7 Å². The normalized spacial score (nSPS) is 10.6. The number of rotatable bonds is 6. The van der Waals surface area contributed by atoms with Crippen molar-refractivity contribution in [1.82, 2.24) is 9.78 Å². The Balaban J connectivity index is 2.25. The molecule has 2 heterocycles. The van der Waals surface area contributed by atoms with Gasteiger partial charge in [0.25, 0.3) is 0 Å². The third kappa shape index (κ3) is 2.75. The first-order chi connectivity index (χ1) is 9.13. The van der Waals surface area contributed by atoms with Crippen molar-refractivity contribution in [3.63, 3.8) is 0 Å². The molecule has 0 radical (unpaired) electrons. The van der Waals surface area contributed by atoms with Gasteiger partial charge in [-0.05, 0) is 12.5 Å². The monoisotopic (exact) mass is 264 g/mol. The summed E-state index contributed by atoms with van der Waals surface area (Å²) < 4.78 is 6.48. The highest BCUT2D eigenvalue weighted by atomic mass is 16.6. The van der Waals surface area contributed by atoms with Crippen LogP contribution in [0.1, 0.15) is 24.6 Å². The van der Waals surface area contributed by atoms with E-state index >= 15 is 0 Å². The molecular formula is C12H16N4O3. The second kappa shape index (κ2) is 5.55. The predicted octanol–water partition coefficient (Wildman–Crippen LogP) is 2.49. The Kier molecular flexibility index (Phi) is 3.84. The van der Waals surface area contributed by atoms with E-state index < -0.39 is 0 Å². The van der Waals surface area contributed by atoms with Gasteiger partial charge in [-0.3, -0.25) is 10.1 Å². The van der Waals surface area contributed by atoms with Gasteiger partial charge in [0.1, 0.15) is 5.69 Å². The van der Waals surface area contributed by atoms with Crippen molar-refractivity contribution in [2.45, 2.75) is 26.3 Å². The number of anilines is 1. The van der Waals surface area contributed by atoms with Crippen molar-refractivity contribution in [2.24, 2.45) is 7.05 Å². The molecule has 0 aliphatic rings. The van der Waals surface area contributed by atoms with Crippen LogP contribution in [0.2, 0.25) is 0 Å². The second-order valence-electron chi connectivity index (χ2n) is 4.26. The van der Waals surface area contributed by atoms with E-state index in [2.05, 4.69) is 10.4 Å². The van der Waals surface area contributed by atoms with Crippen molar-refractivity contribution >= 4 is 11.5 Å². The van der Waals surface area contributed by atoms with E-state index in [1.807, 2.05) is 13.0 Å². The highest BCUT2D eigenvalue weighted by Crippen LogP contribution is 2.29. The van der Waals surface area contributed by atoms with Crippen molar-refractivity contribution in [1.29, 1.82) is 0 Å². The molecule has 2 aromatic heterocycles. The average Bonchev–Trinajstić information content (AvgIpc) is 2.95. The number of nitro groups is 1. The fraction of sp³-hybridized carbons (Fsp3) is 0.417. The number of nitrogens with one attached hydrogen (secondary N) is 1. The molecule has 2 aromatic rings. The summed E-state index contributed by atoms with van der Waals surface area (Å²) in [6.07, 6.45) is 4.58. The maximum absolute atomic E-state index is 11.2. The van der Waals surface area contributed by atoms with Crippen LogP contribution >= 0.6 is 0 Å². The van der Waals surface area contributed by atoms with Crippen LogP contribution in [0.25, 0.3) is 0 Å². The summed E-state index contributed by atoms with van der Waals surface area (Å²) in [7, 11) is 1.70. The molecule has 0 bridgehead atoms. The van der Waals surface area contributed by atoms with Crippen LogP contribution in [-0.2, 0) is 20.0 Å². The van der Waals surface area contributed by atoms with Gasteiger partial charge in [-0.15, -0.1) is 0 Å². The Morgan fingerprint density at radius 1 is 1.58 bits per heavy atom.